The second-order valence-electron chi connectivity index (χ2n) is 2.87. The van der Waals surface area contributed by atoms with Crippen LogP contribution < -0.4 is 5.43 Å². The fourth-order valence-electron chi connectivity index (χ4n) is 1.000. The van der Waals surface area contributed by atoms with Gasteiger partial charge in [0, 0.05) is 0 Å². The van der Waals surface area contributed by atoms with Crippen molar-refractivity contribution in [3.63, 3.8) is 0 Å². The maximum Gasteiger partial charge on any atom is 0.420 e. The van der Waals surface area contributed by atoms with Crippen LogP contribution in [0.5, 0.6) is 11.5 Å². The number of aliphatic hydroxyl groups excluding tert-OH is 1. The van der Waals surface area contributed by atoms with Gasteiger partial charge in [0.2, 0.25) is 0 Å². The summed E-state index contributed by atoms with van der Waals surface area (Å²) in [6, 6.07) is 0. The third kappa shape index (κ3) is 1.89. The van der Waals surface area contributed by atoms with Gasteiger partial charge in [0.15, 0.2) is 17.6 Å². The molecule has 0 bridgehead atoms. The molecule has 9 heteroatoms. The van der Waals surface area contributed by atoms with E-state index in [1.807, 2.05) is 0 Å². The van der Waals surface area contributed by atoms with Crippen molar-refractivity contribution in [2.45, 2.75) is 12.3 Å². The number of aromatic nitrogens is 1. The molecule has 6 nitrogen and oxygen atoms in total. The molecule has 4 N–H and O–H groups in total. The topological polar surface area (TPSA) is 103 Å². The number of aromatic hydroxyl groups is 2. The highest BCUT2D eigenvalue weighted by molar-refractivity contribution is 5.35. The lowest BCUT2D eigenvalue weighted by Crippen LogP contribution is -2.25. The van der Waals surface area contributed by atoms with E-state index in [0.29, 0.717) is 0 Å². The van der Waals surface area contributed by atoms with E-state index >= 15 is 0 Å². The largest absolute Gasteiger partial charge is 0.503 e. The van der Waals surface area contributed by atoms with Gasteiger partial charge in [0.1, 0.15) is 5.69 Å². The predicted octanol–water partition coefficient (Wildman–Crippen LogP) is 0.0925. The zero-order valence-electron chi connectivity index (χ0n) is 7.43. The molecule has 0 aliphatic carbocycles. The average molecular weight is 241 g/mol. The molecule has 1 rings (SSSR count). The Balaban J connectivity index is 3.47. The van der Waals surface area contributed by atoms with Gasteiger partial charge in [-0.15, -0.1) is 0 Å². The zero-order chi connectivity index (χ0) is 12.7. The van der Waals surface area contributed by atoms with Crippen molar-refractivity contribution in [1.29, 1.82) is 0 Å². The quantitative estimate of drug-likeness (QED) is 0.522. The molecule has 1 atom stereocenters. The van der Waals surface area contributed by atoms with Crippen LogP contribution in [0.25, 0.3) is 0 Å². The molecule has 0 saturated carbocycles. The molecule has 1 aromatic rings. The predicted molar refractivity (Wildman–Crippen MR) is 42.2 cm³/mol. The molecule has 0 amide bonds. The van der Waals surface area contributed by atoms with Gasteiger partial charge in [-0.3, -0.25) is 4.79 Å². The van der Waals surface area contributed by atoms with Crippen molar-refractivity contribution < 1.29 is 33.7 Å². The number of pyridine rings is 1. The van der Waals surface area contributed by atoms with Gasteiger partial charge >= 0.3 is 6.18 Å². The number of rotatable bonds is 1. The molecule has 16 heavy (non-hydrogen) atoms. The summed E-state index contributed by atoms with van der Waals surface area (Å²) in [6.07, 6.45) is -8.19. The van der Waals surface area contributed by atoms with Gasteiger partial charge in [-0.05, 0) is 0 Å². The minimum absolute atomic E-state index is 0.229. The van der Waals surface area contributed by atoms with E-state index in [1.165, 1.54) is 0 Å². The second-order valence-corrected chi connectivity index (χ2v) is 2.87. The molecule has 0 saturated heterocycles. The Hall–Kier alpha value is -1.90. The summed E-state index contributed by atoms with van der Waals surface area (Å²) in [5, 5.41) is 35.4. The van der Waals surface area contributed by atoms with Crippen molar-refractivity contribution in [3.05, 3.63) is 22.1 Å². The molecular formula is C7H6F3NO5. The Kier molecular flexibility index (Phi) is 2.73. The number of alkyl halides is 3. The Labute approximate surface area is 85.4 Å². The van der Waals surface area contributed by atoms with Crippen LogP contribution >= 0.6 is 0 Å². The summed E-state index contributed by atoms with van der Waals surface area (Å²) >= 11 is 0. The van der Waals surface area contributed by atoms with Crippen molar-refractivity contribution in [3.8, 4) is 11.5 Å². The van der Waals surface area contributed by atoms with Crippen molar-refractivity contribution >= 4 is 0 Å². The van der Waals surface area contributed by atoms with Gasteiger partial charge in [-0.2, -0.15) is 17.9 Å². The molecular weight excluding hydrogens is 235 g/mol. The summed E-state index contributed by atoms with van der Waals surface area (Å²) in [5.74, 6) is -2.73. The third-order valence-corrected chi connectivity index (χ3v) is 1.75. The third-order valence-electron chi connectivity index (χ3n) is 1.75. The van der Waals surface area contributed by atoms with E-state index in [9.17, 15) is 18.0 Å². The number of hydrogen-bond acceptors (Lipinski definition) is 5. The Morgan fingerprint density at radius 1 is 1.31 bits per heavy atom. The molecule has 1 heterocycles. The first-order chi connectivity index (χ1) is 7.16. The summed E-state index contributed by atoms with van der Waals surface area (Å²) in [4.78, 5) is 10.9. The van der Waals surface area contributed by atoms with E-state index in [0.717, 1.165) is 0 Å². The van der Waals surface area contributed by atoms with Crippen LogP contribution in [0.2, 0.25) is 0 Å². The molecule has 0 aliphatic rings. The summed E-state index contributed by atoms with van der Waals surface area (Å²) in [7, 11) is 0. The highest BCUT2D eigenvalue weighted by Gasteiger charge is 2.43. The number of aliphatic hydroxyl groups is 1. The lowest BCUT2D eigenvalue weighted by Gasteiger charge is -2.17. The molecule has 0 aromatic carbocycles. The fourth-order valence-corrected chi connectivity index (χ4v) is 1.000. The van der Waals surface area contributed by atoms with Crippen LogP contribution in [-0.4, -0.2) is 31.4 Å². The SMILES string of the molecule is O=c1c(O)cn(O)c(C(O)C(F)(F)F)c1O. The second kappa shape index (κ2) is 3.59. The molecule has 0 radical (unpaired) electrons. The minimum Gasteiger partial charge on any atom is -0.503 e. The first-order valence-electron chi connectivity index (χ1n) is 3.77. The summed E-state index contributed by atoms with van der Waals surface area (Å²) in [5.41, 5.74) is -2.99. The smallest absolute Gasteiger partial charge is 0.420 e. The first-order valence-corrected chi connectivity index (χ1v) is 3.77. The van der Waals surface area contributed by atoms with Crippen molar-refractivity contribution in [2.24, 2.45) is 0 Å². The molecule has 0 aliphatic heterocycles. The van der Waals surface area contributed by atoms with Gasteiger partial charge in [0.05, 0.1) is 6.20 Å². The van der Waals surface area contributed by atoms with E-state index < -0.39 is 34.9 Å². The Morgan fingerprint density at radius 2 is 1.81 bits per heavy atom. The average Bonchev–Trinajstić information content (AvgIpc) is 2.13. The molecule has 90 valence electrons. The van der Waals surface area contributed by atoms with Crippen LogP contribution in [0.3, 0.4) is 0 Å². The number of halogens is 3. The maximum atomic E-state index is 12.1. The lowest BCUT2D eigenvalue weighted by molar-refractivity contribution is -0.211. The monoisotopic (exact) mass is 241 g/mol. The normalized spacial score (nSPS) is 13.8. The van der Waals surface area contributed by atoms with Crippen molar-refractivity contribution in [1.82, 2.24) is 4.73 Å². The van der Waals surface area contributed by atoms with Gasteiger partial charge in [0.25, 0.3) is 5.43 Å². The van der Waals surface area contributed by atoms with E-state index in [4.69, 9.17) is 20.5 Å². The summed E-state index contributed by atoms with van der Waals surface area (Å²) < 4.78 is 35.9. The molecule has 1 unspecified atom stereocenters. The van der Waals surface area contributed by atoms with Gasteiger partial charge < -0.3 is 20.5 Å². The van der Waals surface area contributed by atoms with E-state index in [1.54, 1.807) is 0 Å². The highest BCUT2D eigenvalue weighted by Crippen LogP contribution is 2.35. The van der Waals surface area contributed by atoms with Crippen LogP contribution in [0.4, 0.5) is 13.2 Å². The van der Waals surface area contributed by atoms with E-state index in [2.05, 4.69) is 0 Å². The maximum absolute atomic E-state index is 12.1. The number of hydrogen-bond donors (Lipinski definition) is 4. The molecule has 0 spiro atoms. The lowest BCUT2D eigenvalue weighted by atomic mass is 10.2. The van der Waals surface area contributed by atoms with Gasteiger partial charge in [-0.25, -0.2) is 0 Å². The van der Waals surface area contributed by atoms with Crippen LogP contribution in [0.15, 0.2) is 11.0 Å². The van der Waals surface area contributed by atoms with Crippen LogP contribution in [0, 0.1) is 0 Å². The minimum atomic E-state index is -5.18. The Bertz CT molecular complexity index is 466. The van der Waals surface area contributed by atoms with Crippen LogP contribution in [-0.2, 0) is 0 Å². The standard InChI is InChI=1S/C7H6F3NO5/c8-7(9,10)6(15)3-5(14)4(13)2(12)1-11(3)16/h1,6,12,14-16H. The van der Waals surface area contributed by atoms with E-state index in [-0.39, 0.29) is 10.9 Å². The number of nitrogens with zero attached hydrogens (tertiary/aromatic N) is 1. The Morgan fingerprint density at radius 3 is 2.25 bits per heavy atom. The molecule has 0 fully saturated rings. The van der Waals surface area contributed by atoms with Gasteiger partial charge in [-0.1, -0.05) is 0 Å². The zero-order valence-corrected chi connectivity index (χ0v) is 7.43. The van der Waals surface area contributed by atoms with Crippen LogP contribution in [0.1, 0.15) is 11.8 Å². The highest BCUT2D eigenvalue weighted by atomic mass is 19.4. The van der Waals surface area contributed by atoms with Crippen molar-refractivity contribution in [2.75, 3.05) is 0 Å². The first kappa shape index (κ1) is 12.2. The fraction of sp³-hybridized carbons (Fsp3) is 0.286. The summed E-state index contributed by atoms with van der Waals surface area (Å²) in [6.45, 7) is 0. The molecule has 1 aromatic heterocycles.